The van der Waals surface area contributed by atoms with E-state index in [0.29, 0.717) is 41.5 Å². The van der Waals surface area contributed by atoms with Crippen LogP contribution in [0.2, 0.25) is 10.0 Å². The molecule has 1 aliphatic heterocycles. The highest BCUT2D eigenvalue weighted by molar-refractivity contribution is 7.88. The van der Waals surface area contributed by atoms with Gasteiger partial charge in [0.1, 0.15) is 0 Å². The Morgan fingerprint density at radius 2 is 1.67 bits per heavy atom. The summed E-state index contributed by atoms with van der Waals surface area (Å²) >= 11 is 12.3. The highest BCUT2D eigenvalue weighted by Crippen LogP contribution is 2.29. The number of hydrogen-bond acceptors (Lipinski definition) is 3. The second kappa shape index (κ2) is 10.1. The third-order valence-electron chi connectivity index (χ3n) is 5.53. The fourth-order valence-electron chi connectivity index (χ4n) is 3.74. The van der Waals surface area contributed by atoms with Crippen molar-refractivity contribution in [1.82, 2.24) is 9.62 Å². The number of carbonyl (C=O) groups is 1. The van der Waals surface area contributed by atoms with Crippen molar-refractivity contribution in [3.8, 4) is 0 Å². The molecule has 0 radical (unpaired) electrons. The largest absolute Gasteiger partial charge is 0.349 e. The van der Waals surface area contributed by atoms with Crippen LogP contribution in [0.15, 0.2) is 48.5 Å². The molecule has 2 aromatic carbocycles. The van der Waals surface area contributed by atoms with Gasteiger partial charge in [0.15, 0.2) is 0 Å². The van der Waals surface area contributed by atoms with Gasteiger partial charge in [-0.2, -0.15) is 0 Å². The van der Waals surface area contributed by atoms with Crippen LogP contribution in [0, 0.1) is 5.92 Å². The van der Waals surface area contributed by atoms with Gasteiger partial charge in [-0.3, -0.25) is 4.79 Å². The van der Waals surface area contributed by atoms with E-state index < -0.39 is 10.0 Å². The minimum atomic E-state index is -3.57. The van der Waals surface area contributed by atoms with Crippen molar-refractivity contribution in [1.29, 1.82) is 0 Å². The van der Waals surface area contributed by atoms with Gasteiger partial charge < -0.3 is 5.32 Å². The number of carbonyl (C=O) groups excluding carboxylic acids is 1. The lowest BCUT2D eigenvalue weighted by Crippen LogP contribution is -2.44. The first-order chi connectivity index (χ1) is 14.3. The van der Waals surface area contributed by atoms with Crippen LogP contribution in [0.1, 0.15) is 43.4 Å². The summed E-state index contributed by atoms with van der Waals surface area (Å²) in [7, 11) is -3.57. The van der Waals surface area contributed by atoms with Gasteiger partial charge in [0, 0.05) is 34.6 Å². The number of halogens is 2. The summed E-state index contributed by atoms with van der Waals surface area (Å²) in [5.74, 6) is -0.455. The van der Waals surface area contributed by atoms with Crippen LogP contribution in [0.4, 0.5) is 0 Å². The van der Waals surface area contributed by atoms with E-state index in [0.717, 1.165) is 12.0 Å². The van der Waals surface area contributed by atoms with Crippen molar-refractivity contribution in [2.75, 3.05) is 13.1 Å². The molecule has 162 valence electrons. The number of benzene rings is 2. The number of piperidine rings is 1. The summed E-state index contributed by atoms with van der Waals surface area (Å²) < 4.78 is 27.1. The van der Waals surface area contributed by atoms with Crippen molar-refractivity contribution < 1.29 is 13.2 Å². The third-order valence-corrected chi connectivity index (χ3v) is 8.05. The molecule has 1 aliphatic rings. The van der Waals surface area contributed by atoms with E-state index in [4.69, 9.17) is 23.2 Å². The molecule has 1 fully saturated rings. The minimum Gasteiger partial charge on any atom is -0.349 e. The second-order valence-electron chi connectivity index (χ2n) is 7.51. The van der Waals surface area contributed by atoms with Crippen LogP contribution in [-0.4, -0.2) is 31.7 Å². The quantitative estimate of drug-likeness (QED) is 0.634. The lowest BCUT2D eigenvalue weighted by Gasteiger charge is -2.31. The fraction of sp³-hybridized carbons (Fsp3) is 0.409. The maximum atomic E-state index is 12.9. The van der Waals surface area contributed by atoms with Crippen molar-refractivity contribution in [2.24, 2.45) is 5.92 Å². The number of amides is 1. The predicted molar refractivity (Wildman–Crippen MR) is 121 cm³/mol. The number of hydrogen-bond donors (Lipinski definition) is 1. The van der Waals surface area contributed by atoms with Crippen LogP contribution in [0.3, 0.4) is 0 Å². The van der Waals surface area contributed by atoms with Crippen LogP contribution in [-0.2, 0) is 20.6 Å². The Morgan fingerprint density at radius 1 is 1.07 bits per heavy atom. The highest BCUT2D eigenvalue weighted by atomic mass is 35.5. The molecular formula is C22H26Cl2N2O3S. The molecule has 0 spiro atoms. The van der Waals surface area contributed by atoms with Crippen molar-refractivity contribution in [3.05, 3.63) is 69.7 Å². The summed E-state index contributed by atoms with van der Waals surface area (Å²) in [6.07, 6.45) is 1.78. The van der Waals surface area contributed by atoms with Crippen molar-refractivity contribution >= 4 is 39.1 Å². The lowest BCUT2D eigenvalue weighted by atomic mass is 9.96. The Kier molecular flexibility index (Phi) is 7.80. The molecule has 0 bridgehead atoms. The molecular weight excluding hydrogens is 443 g/mol. The normalized spacial score (nSPS) is 16.9. The maximum Gasteiger partial charge on any atom is 0.223 e. The van der Waals surface area contributed by atoms with Gasteiger partial charge in [0.2, 0.25) is 15.9 Å². The van der Waals surface area contributed by atoms with Gasteiger partial charge in [0.25, 0.3) is 0 Å². The van der Waals surface area contributed by atoms with E-state index in [1.807, 2.05) is 37.3 Å². The van der Waals surface area contributed by atoms with Crippen molar-refractivity contribution in [3.63, 3.8) is 0 Å². The summed E-state index contributed by atoms with van der Waals surface area (Å²) in [6, 6.07) is 14.8. The van der Waals surface area contributed by atoms with Crippen LogP contribution in [0.25, 0.3) is 0 Å². The monoisotopic (exact) mass is 468 g/mol. The minimum absolute atomic E-state index is 0.0168. The highest BCUT2D eigenvalue weighted by Gasteiger charge is 2.32. The van der Waals surface area contributed by atoms with Gasteiger partial charge in [-0.15, -0.1) is 0 Å². The molecule has 0 saturated carbocycles. The Bertz CT molecular complexity index is 955. The SMILES string of the molecule is CCC(NC(=O)C1CCN(S(=O)(=O)Cc2c(Cl)cccc2Cl)CC1)c1ccccc1. The first kappa shape index (κ1) is 23.1. The van der Waals surface area contributed by atoms with E-state index in [2.05, 4.69) is 5.32 Å². The lowest BCUT2D eigenvalue weighted by molar-refractivity contribution is -0.126. The summed E-state index contributed by atoms with van der Waals surface area (Å²) in [5.41, 5.74) is 1.49. The zero-order valence-corrected chi connectivity index (χ0v) is 19.2. The number of sulfonamides is 1. The van der Waals surface area contributed by atoms with E-state index in [1.54, 1.807) is 18.2 Å². The summed E-state index contributed by atoms with van der Waals surface area (Å²) in [5, 5.41) is 3.80. The average Bonchev–Trinajstić information content (AvgIpc) is 2.75. The smallest absolute Gasteiger partial charge is 0.223 e. The van der Waals surface area contributed by atoms with E-state index in [-0.39, 0.29) is 23.6 Å². The molecule has 1 N–H and O–H groups in total. The number of nitrogens with zero attached hydrogens (tertiary/aromatic N) is 1. The maximum absolute atomic E-state index is 12.9. The Hall–Kier alpha value is -1.60. The molecule has 8 heteroatoms. The molecule has 1 amide bonds. The van der Waals surface area contributed by atoms with Crippen LogP contribution < -0.4 is 5.32 Å². The molecule has 1 atom stereocenters. The van der Waals surface area contributed by atoms with Gasteiger partial charge in [-0.1, -0.05) is 66.5 Å². The van der Waals surface area contributed by atoms with Gasteiger partial charge in [-0.25, -0.2) is 12.7 Å². The number of rotatable bonds is 7. The zero-order valence-electron chi connectivity index (χ0n) is 16.9. The molecule has 30 heavy (non-hydrogen) atoms. The first-order valence-corrected chi connectivity index (χ1v) is 12.4. The molecule has 3 rings (SSSR count). The van der Waals surface area contributed by atoms with Crippen molar-refractivity contribution in [2.45, 2.75) is 38.0 Å². The van der Waals surface area contributed by atoms with Gasteiger partial charge >= 0.3 is 0 Å². The molecule has 1 saturated heterocycles. The van der Waals surface area contributed by atoms with Gasteiger partial charge in [-0.05, 0) is 37.0 Å². The molecule has 1 heterocycles. The van der Waals surface area contributed by atoms with Crippen LogP contribution in [0.5, 0.6) is 0 Å². The molecule has 2 aromatic rings. The zero-order chi connectivity index (χ0) is 21.7. The van der Waals surface area contributed by atoms with Crippen LogP contribution >= 0.6 is 23.2 Å². The Labute approximate surface area is 188 Å². The average molecular weight is 469 g/mol. The molecule has 1 unspecified atom stereocenters. The van der Waals surface area contributed by atoms with E-state index in [1.165, 1.54) is 4.31 Å². The molecule has 5 nitrogen and oxygen atoms in total. The predicted octanol–water partition coefficient (Wildman–Crippen LogP) is 4.80. The fourth-order valence-corrected chi connectivity index (χ4v) is 6.05. The Balaban J connectivity index is 1.59. The molecule has 0 aromatic heterocycles. The van der Waals surface area contributed by atoms with E-state index in [9.17, 15) is 13.2 Å². The number of nitrogens with one attached hydrogen (secondary N) is 1. The summed E-state index contributed by atoms with van der Waals surface area (Å²) in [4.78, 5) is 12.8. The topological polar surface area (TPSA) is 66.5 Å². The standard InChI is InChI=1S/C22H26Cl2N2O3S/c1-2-21(16-7-4-3-5-8-16)25-22(27)17-11-13-26(14-12-17)30(28,29)15-18-19(23)9-6-10-20(18)24/h3-10,17,21H,2,11-15H2,1H3,(H,25,27). The summed E-state index contributed by atoms with van der Waals surface area (Å²) in [6.45, 7) is 2.65. The molecule has 0 aliphatic carbocycles. The Morgan fingerprint density at radius 3 is 2.23 bits per heavy atom. The van der Waals surface area contributed by atoms with E-state index >= 15 is 0 Å². The van der Waals surface area contributed by atoms with Gasteiger partial charge in [0.05, 0.1) is 11.8 Å². The third kappa shape index (κ3) is 5.55. The second-order valence-corrected chi connectivity index (χ2v) is 10.3. The first-order valence-electron chi connectivity index (χ1n) is 10.1.